The topological polar surface area (TPSA) is 302 Å². The van der Waals surface area contributed by atoms with Gasteiger partial charge in [-0.15, -0.1) is 119 Å². The molecule has 9 aromatic carbocycles. The summed E-state index contributed by atoms with van der Waals surface area (Å²) in [5.41, 5.74) is 17.7. The fraction of sp³-hybridized carbons (Fsp3) is 0.293. The molecule has 20 nitrogen and oxygen atoms in total. The van der Waals surface area contributed by atoms with Gasteiger partial charge in [0.25, 0.3) is 0 Å². The number of aliphatic hydroxyl groups is 8. The molecule has 0 fully saturated rings. The zero-order valence-electron chi connectivity index (χ0n) is 72.9. The van der Waals surface area contributed by atoms with Gasteiger partial charge in [0.2, 0.25) is 0 Å². The summed E-state index contributed by atoms with van der Waals surface area (Å²) in [4.78, 5) is 35.4. The van der Waals surface area contributed by atoms with Crippen molar-refractivity contribution >= 4 is 0 Å². The van der Waals surface area contributed by atoms with Crippen molar-refractivity contribution in [2.24, 2.45) is 0 Å². The van der Waals surface area contributed by atoms with Crippen molar-refractivity contribution in [3.05, 3.63) is 312 Å². The normalized spacial score (nSPS) is 12.0. The molecule has 0 aliphatic rings. The molecule has 13 rings (SSSR count). The zero-order valence-corrected chi connectivity index (χ0v) is 82.3. The Morgan fingerprint density at radius 2 is 0.484 bits per heavy atom. The van der Waals surface area contributed by atoms with Crippen LogP contribution in [-0.4, -0.2) is 130 Å². The predicted molar refractivity (Wildman–Crippen MR) is 471 cm³/mol. The third-order valence-corrected chi connectivity index (χ3v) is 16.6. The van der Waals surface area contributed by atoms with Crippen molar-refractivity contribution < 1.29 is 146 Å². The van der Waals surface area contributed by atoms with Crippen LogP contribution in [0.15, 0.2) is 231 Å². The molecule has 13 aromatic rings. The molecule has 25 heteroatoms. The van der Waals surface area contributed by atoms with E-state index in [1.54, 1.807) is 98.4 Å². The van der Waals surface area contributed by atoms with Gasteiger partial charge in [-0.3, -0.25) is 19.9 Å². The summed E-state index contributed by atoms with van der Waals surface area (Å²) in [7, 11) is 0. The number of ether oxygens (including phenoxy) is 4. The Morgan fingerprint density at radius 1 is 0.274 bits per heavy atom. The van der Waals surface area contributed by atoms with Gasteiger partial charge in [-0.05, 0) is 215 Å². The van der Waals surface area contributed by atoms with Gasteiger partial charge < -0.3 is 79.7 Å². The van der Waals surface area contributed by atoms with Gasteiger partial charge in [0.05, 0.1) is 71.6 Å². The smallest absolute Gasteiger partial charge is 0.123 e. The van der Waals surface area contributed by atoms with Gasteiger partial charge in [0.1, 0.15) is 28.8 Å². The van der Waals surface area contributed by atoms with Crippen LogP contribution in [0.2, 0.25) is 0 Å². The Bertz CT molecular complexity index is 4880. The van der Waals surface area contributed by atoms with E-state index in [0.717, 1.165) is 125 Å². The molecule has 8 N–H and O–H groups in total. The molecule has 8 atom stereocenters. The fourth-order valence-corrected chi connectivity index (χ4v) is 11.4. The van der Waals surface area contributed by atoms with Crippen LogP contribution in [0.1, 0.15) is 132 Å². The van der Waals surface area contributed by atoms with Crippen LogP contribution >= 0.6 is 0 Å². The summed E-state index contributed by atoms with van der Waals surface area (Å²) in [6.07, 6.45) is 5.94. The predicted octanol–water partition coefficient (Wildman–Crippen LogP) is 20.1. The SMILES string of the molecule is CC(O)CC(C)O.CC(O)CC(C)O.CC(O)CC(C)O.CC(O)CC(C)O.Cc1ccc(Oc2c[c-]c(-c3ncc(C)nc3C)cc2)cc1.Cc1cnc(-c2[c-]cc(Oc3ccc(-c4ccccc4)cc3)cc2)c(C)n1.Cc1cnc(-c2[c-]cc(Oc3ccc(F)cc3)cc2)c(C)n1.Cc1cnc(-c2[c-]cc(Oc3ccccc3)cc2)c(C)n1.[Ir].[Ir].[Ir].[Pt]. The van der Waals surface area contributed by atoms with Crippen LogP contribution in [0.5, 0.6) is 46.0 Å². The molecular weight excluding hydrogens is 2280 g/mol. The number of halogens is 1. The van der Waals surface area contributed by atoms with Crippen molar-refractivity contribution in [2.45, 2.75) is 192 Å². The second kappa shape index (κ2) is 58.9. The average Bonchev–Trinajstić information content (AvgIpc) is 0.840. The number of para-hydroxylation sites is 1. The van der Waals surface area contributed by atoms with E-state index < -0.39 is 0 Å². The number of rotatable bonds is 21. The first-order valence-corrected chi connectivity index (χ1v) is 39.6. The van der Waals surface area contributed by atoms with E-state index in [1.807, 2.05) is 207 Å². The Hall–Kier alpha value is -9.25. The Morgan fingerprint density at radius 3 is 0.702 bits per heavy atom. The van der Waals surface area contributed by atoms with Crippen LogP contribution < -0.4 is 18.9 Å². The molecule has 0 bridgehead atoms. The molecule has 0 spiro atoms. The van der Waals surface area contributed by atoms with Crippen LogP contribution in [-0.2, 0) is 81.4 Å². The zero-order chi connectivity index (χ0) is 87.8. The number of hydrogen-bond acceptors (Lipinski definition) is 20. The maximum atomic E-state index is 12.9. The van der Waals surface area contributed by atoms with Crippen LogP contribution in [0, 0.1) is 92.4 Å². The number of hydrogen-bond donors (Lipinski definition) is 8. The van der Waals surface area contributed by atoms with E-state index in [2.05, 4.69) is 95.3 Å². The Labute approximate surface area is 785 Å². The third kappa shape index (κ3) is 43.1. The van der Waals surface area contributed by atoms with Crippen LogP contribution in [0.4, 0.5) is 4.39 Å². The summed E-state index contributed by atoms with van der Waals surface area (Å²) >= 11 is 0. The molecule has 0 amide bonds. The van der Waals surface area contributed by atoms with E-state index >= 15 is 0 Å². The minimum absolute atomic E-state index is 0. The third-order valence-electron chi connectivity index (χ3n) is 16.6. The minimum atomic E-state index is -0.375. The fourth-order valence-electron chi connectivity index (χ4n) is 11.4. The first-order valence-electron chi connectivity index (χ1n) is 39.6. The molecule has 0 aliphatic heterocycles. The van der Waals surface area contributed by atoms with Crippen molar-refractivity contribution in [2.75, 3.05) is 0 Å². The van der Waals surface area contributed by atoms with E-state index in [0.29, 0.717) is 37.2 Å². The first-order chi connectivity index (χ1) is 57.1. The summed E-state index contributed by atoms with van der Waals surface area (Å²) in [6.45, 7) is 30.8. The monoisotopic (exact) mass is 2400 g/mol. The quantitative estimate of drug-likeness (QED) is 0.0310. The summed E-state index contributed by atoms with van der Waals surface area (Å²) in [5, 5.41) is 68.5. The molecule has 0 aliphatic carbocycles. The average molecular weight is 2400 g/mol. The summed E-state index contributed by atoms with van der Waals surface area (Å²) in [6, 6.07) is 77.3. The number of benzene rings is 9. The van der Waals surface area contributed by atoms with Gasteiger partial charge in [-0.2, -0.15) is 0 Å². The van der Waals surface area contributed by atoms with Crippen molar-refractivity contribution in [1.29, 1.82) is 0 Å². The molecule has 8 unspecified atom stereocenters. The largest absolute Gasteiger partial charge is 0.502 e. The van der Waals surface area contributed by atoms with E-state index in [1.165, 1.54) is 28.8 Å². The van der Waals surface area contributed by atoms with Crippen LogP contribution in [0.25, 0.3) is 56.2 Å². The standard InChI is InChI=1S/C24H19N2O.C19H17N2O.C18H14FN2O.C18H15N2O.4C5H12O2.3Ir.Pt/c1-17-16-25-24(18(2)26-17)21-10-14-23(15-11-21)27-22-12-8-20(9-13-22)19-6-4-3-5-7-19;1-13-4-8-17(9-5-13)22-18-10-6-16(7-11-18)19-15(3)21-14(2)12-20-19;1-12-11-20-18(13(2)21-12)14-3-7-16(8-4-14)22-17-9-5-15(19)6-10-17;1-13-12-19-18(14(2)20-13)15-8-10-17(11-9-15)21-16-6-4-3-5-7-16;4*1-4(6)3-5(2)7;;;;/h3-10,12-16H,1-2H3;4-6,8-12H,1-3H3;3,5-11H,1-2H3;3-8,10-12H,1-2H3;4*4-7H,3H2,1-2H3;;;;/q4*-1;;;;;;;;. The molecule has 124 heavy (non-hydrogen) atoms. The molecule has 0 saturated heterocycles. The second-order valence-corrected chi connectivity index (χ2v) is 29.1. The summed E-state index contributed by atoms with van der Waals surface area (Å²) in [5.74, 6) is 5.59. The number of aliphatic hydroxyl groups excluding tert-OH is 8. The Balaban J connectivity index is 0.000000503. The van der Waals surface area contributed by atoms with Gasteiger partial charge >= 0.3 is 0 Å². The van der Waals surface area contributed by atoms with Gasteiger partial charge in [0.15, 0.2) is 0 Å². The summed E-state index contributed by atoms with van der Waals surface area (Å²) < 4.78 is 36.0. The van der Waals surface area contributed by atoms with E-state index in [9.17, 15) is 4.39 Å². The Kier molecular flexibility index (Phi) is 52.6. The molecular formula is C99H113FIr3N8O12Pt-4. The molecule has 4 heterocycles. The molecule has 0 saturated carbocycles. The maximum absolute atomic E-state index is 12.9. The van der Waals surface area contributed by atoms with Crippen LogP contribution in [0.3, 0.4) is 0 Å². The van der Waals surface area contributed by atoms with Gasteiger partial charge in [-0.25, -0.2) is 4.39 Å². The first kappa shape index (κ1) is 111. The van der Waals surface area contributed by atoms with Crippen molar-refractivity contribution in [1.82, 2.24) is 39.9 Å². The van der Waals surface area contributed by atoms with E-state index in [4.69, 9.17) is 59.8 Å². The molecule has 669 valence electrons. The number of nitrogens with zero attached hydrogens (tertiary/aromatic N) is 8. The number of aromatic nitrogens is 8. The van der Waals surface area contributed by atoms with Crippen molar-refractivity contribution in [3.8, 4) is 102 Å². The van der Waals surface area contributed by atoms with Gasteiger partial charge in [-0.1, -0.05) is 78.4 Å². The van der Waals surface area contributed by atoms with Gasteiger partial charge in [0, 0.05) is 175 Å². The number of aryl methyl sites for hydroxylation is 9. The minimum Gasteiger partial charge on any atom is -0.502 e. The van der Waals surface area contributed by atoms with Crippen molar-refractivity contribution in [3.63, 3.8) is 0 Å². The molecule has 3 radical (unpaired) electrons. The maximum Gasteiger partial charge on any atom is 0.123 e. The second-order valence-electron chi connectivity index (χ2n) is 29.1. The molecule has 4 aromatic heterocycles. The van der Waals surface area contributed by atoms with E-state index in [-0.39, 0.29) is 136 Å².